The van der Waals surface area contributed by atoms with Crippen LogP contribution >= 0.6 is 11.8 Å². The molecule has 6 nitrogen and oxygen atoms in total. The second-order valence-corrected chi connectivity index (χ2v) is 9.08. The van der Waals surface area contributed by atoms with Gasteiger partial charge in [-0.15, -0.1) is 11.8 Å². The summed E-state index contributed by atoms with van der Waals surface area (Å²) in [5.74, 6) is 1.30. The van der Waals surface area contributed by atoms with Gasteiger partial charge in [-0.2, -0.15) is 0 Å². The van der Waals surface area contributed by atoms with Crippen LogP contribution in [0.2, 0.25) is 0 Å². The summed E-state index contributed by atoms with van der Waals surface area (Å²) in [4.78, 5) is 3.23. The van der Waals surface area contributed by atoms with E-state index in [1.807, 2.05) is 49.5 Å². The van der Waals surface area contributed by atoms with Crippen LogP contribution in [0, 0.1) is 0 Å². The topological polar surface area (TPSA) is 78.9 Å². The zero-order valence-corrected chi connectivity index (χ0v) is 17.6. The maximum absolute atomic E-state index is 12.5. The first-order chi connectivity index (χ1) is 12.7. The predicted octanol–water partition coefficient (Wildman–Crippen LogP) is 2.92. The molecule has 2 aromatic rings. The molecular formula is C19H26N2O4S2. The summed E-state index contributed by atoms with van der Waals surface area (Å²) in [6.07, 6.45) is 2.01. The van der Waals surface area contributed by atoms with E-state index in [9.17, 15) is 8.42 Å². The molecule has 2 aromatic carbocycles. The summed E-state index contributed by atoms with van der Waals surface area (Å²) >= 11 is 1.65. The van der Waals surface area contributed by atoms with Gasteiger partial charge in [0.25, 0.3) is 0 Å². The third kappa shape index (κ3) is 6.22. The molecule has 8 heteroatoms. The van der Waals surface area contributed by atoms with E-state index < -0.39 is 16.1 Å². The van der Waals surface area contributed by atoms with Gasteiger partial charge in [0.1, 0.15) is 11.5 Å². The number of thioether (sulfide) groups is 1. The van der Waals surface area contributed by atoms with E-state index >= 15 is 0 Å². The minimum atomic E-state index is -3.72. The Labute approximate surface area is 165 Å². The van der Waals surface area contributed by atoms with Gasteiger partial charge in [-0.05, 0) is 69.7 Å². The number of rotatable bonds is 9. The van der Waals surface area contributed by atoms with Crippen LogP contribution in [0.5, 0.6) is 11.5 Å². The van der Waals surface area contributed by atoms with Crippen LogP contribution in [0.4, 0.5) is 0 Å². The molecule has 0 aliphatic rings. The second-order valence-electron chi connectivity index (χ2n) is 6.49. The molecule has 0 fully saturated rings. The number of hydrogen-bond acceptors (Lipinski definition) is 6. The number of hydrogen-bond donors (Lipinski definition) is 2. The molecule has 0 bridgehead atoms. The van der Waals surface area contributed by atoms with Gasteiger partial charge in [0.2, 0.25) is 10.0 Å². The molecule has 2 rings (SSSR count). The number of sulfonamides is 1. The number of nitrogens with zero attached hydrogens (tertiary/aromatic N) is 1. The van der Waals surface area contributed by atoms with Crippen molar-refractivity contribution in [2.45, 2.75) is 29.3 Å². The lowest BCUT2D eigenvalue weighted by Crippen LogP contribution is -2.35. The molecule has 2 N–H and O–H groups in total. The molecule has 0 amide bonds. The SMILES string of the molecule is CSc1ccc(Oc2ccc(S(=O)(=O)N[C@@H](C)CO)cc2CN(C)C)cc1. The normalized spacial score (nSPS) is 13.0. The molecule has 0 aliphatic carbocycles. The molecule has 0 saturated heterocycles. The first kappa shape index (κ1) is 21.7. The Hall–Kier alpha value is -1.58. The summed E-state index contributed by atoms with van der Waals surface area (Å²) in [5, 5.41) is 9.11. The Balaban J connectivity index is 2.34. The van der Waals surface area contributed by atoms with E-state index in [2.05, 4.69) is 4.72 Å². The van der Waals surface area contributed by atoms with Crippen LogP contribution < -0.4 is 9.46 Å². The van der Waals surface area contributed by atoms with Crippen molar-refractivity contribution in [3.63, 3.8) is 0 Å². The molecule has 148 valence electrons. The highest BCUT2D eigenvalue weighted by atomic mass is 32.2. The highest BCUT2D eigenvalue weighted by Gasteiger charge is 2.19. The fourth-order valence-corrected chi connectivity index (χ4v) is 4.12. The van der Waals surface area contributed by atoms with Crippen molar-refractivity contribution in [1.29, 1.82) is 0 Å². The zero-order valence-electron chi connectivity index (χ0n) is 16.0. The standard InChI is InChI=1S/C19H26N2O4S2/c1-14(13-22)20-27(23,24)18-9-10-19(15(11-18)12-21(2)3)25-16-5-7-17(26-4)8-6-16/h5-11,14,20,22H,12-13H2,1-4H3/t14-/m0/s1. The quantitative estimate of drug-likeness (QED) is 0.619. The minimum absolute atomic E-state index is 0.143. The molecule has 27 heavy (non-hydrogen) atoms. The highest BCUT2D eigenvalue weighted by Crippen LogP contribution is 2.29. The molecule has 0 heterocycles. The summed E-state index contributed by atoms with van der Waals surface area (Å²) in [6, 6.07) is 12.0. The molecular weight excluding hydrogens is 384 g/mol. The average molecular weight is 411 g/mol. The minimum Gasteiger partial charge on any atom is -0.457 e. The zero-order chi connectivity index (χ0) is 20.0. The summed E-state index contributed by atoms with van der Waals surface area (Å²) in [5.41, 5.74) is 0.758. The van der Waals surface area contributed by atoms with Crippen LogP contribution in [-0.2, 0) is 16.6 Å². The second kappa shape index (κ2) is 9.57. The molecule has 0 radical (unpaired) electrons. The average Bonchev–Trinajstić information content (AvgIpc) is 2.62. The maximum atomic E-state index is 12.5. The molecule has 0 aromatic heterocycles. The lowest BCUT2D eigenvalue weighted by atomic mass is 10.2. The van der Waals surface area contributed by atoms with E-state index in [0.717, 1.165) is 10.5 Å². The van der Waals surface area contributed by atoms with Crippen LogP contribution in [0.15, 0.2) is 52.3 Å². The summed E-state index contributed by atoms with van der Waals surface area (Å²) < 4.78 is 33.4. The summed E-state index contributed by atoms with van der Waals surface area (Å²) in [7, 11) is 0.0987. The van der Waals surface area contributed by atoms with Gasteiger partial charge in [0.15, 0.2) is 0 Å². The van der Waals surface area contributed by atoms with Gasteiger partial charge < -0.3 is 14.7 Å². The molecule has 0 saturated carbocycles. The van der Waals surface area contributed by atoms with Crippen LogP contribution in [0.3, 0.4) is 0 Å². The lowest BCUT2D eigenvalue weighted by Gasteiger charge is -2.17. The predicted molar refractivity (Wildman–Crippen MR) is 109 cm³/mol. The Morgan fingerprint density at radius 2 is 1.85 bits per heavy atom. The third-order valence-corrected chi connectivity index (χ3v) is 6.08. The number of ether oxygens (including phenoxy) is 1. The first-order valence-electron chi connectivity index (χ1n) is 8.48. The largest absolute Gasteiger partial charge is 0.457 e. The van der Waals surface area contributed by atoms with Gasteiger partial charge in [-0.25, -0.2) is 13.1 Å². The van der Waals surface area contributed by atoms with Gasteiger partial charge >= 0.3 is 0 Å². The van der Waals surface area contributed by atoms with Crippen molar-refractivity contribution in [1.82, 2.24) is 9.62 Å². The number of aliphatic hydroxyl groups is 1. The highest BCUT2D eigenvalue weighted by molar-refractivity contribution is 7.98. The molecule has 1 atom stereocenters. The van der Waals surface area contributed by atoms with Crippen molar-refractivity contribution in [2.24, 2.45) is 0 Å². The van der Waals surface area contributed by atoms with E-state index in [1.54, 1.807) is 30.8 Å². The van der Waals surface area contributed by atoms with Crippen molar-refractivity contribution < 1.29 is 18.3 Å². The molecule has 0 spiro atoms. The fourth-order valence-electron chi connectivity index (χ4n) is 2.43. The smallest absolute Gasteiger partial charge is 0.240 e. The van der Waals surface area contributed by atoms with Gasteiger partial charge in [0, 0.05) is 23.0 Å². The van der Waals surface area contributed by atoms with E-state index in [0.29, 0.717) is 18.0 Å². The van der Waals surface area contributed by atoms with Gasteiger partial charge in [-0.1, -0.05) is 0 Å². The first-order valence-corrected chi connectivity index (χ1v) is 11.2. The third-order valence-electron chi connectivity index (χ3n) is 3.75. The van der Waals surface area contributed by atoms with Crippen molar-refractivity contribution in [3.8, 4) is 11.5 Å². The van der Waals surface area contributed by atoms with E-state index in [-0.39, 0.29) is 11.5 Å². The van der Waals surface area contributed by atoms with Crippen molar-refractivity contribution in [3.05, 3.63) is 48.0 Å². The lowest BCUT2D eigenvalue weighted by molar-refractivity contribution is 0.265. The van der Waals surface area contributed by atoms with Crippen molar-refractivity contribution in [2.75, 3.05) is 27.0 Å². The van der Waals surface area contributed by atoms with Crippen molar-refractivity contribution >= 4 is 21.8 Å². The Bertz CT molecular complexity index is 853. The number of aliphatic hydroxyl groups excluding tert-OH is 1. The Morgan fingerprint density at radius 1 is 1.19 bits per heavy atom. The molecule has 0 aliphatic heterocycles. The maximum Gasteiger partial charge on any atom is 0.240 e. The number of benzene rings is 2. The van der Waals surface area contributed by atoms with Crippen LogP contribution in [-0.4, -0.2) is 51.4 Å². The Morgan fingerprint density at radius 3 is 2.41 bits per heavy atom. The summed E-state index contributed by atoms with van der Waals surface area (Å²) in [6.45, 7) is 1.86. The van der Waals surface area contributed by atoms with Crippen LogP contribution in [0.1, 0.15) is 12.5 Å². The Kier molecular flexibility index (Phi) is 7.69. The molecule has 0 unspecified atom stereocenters. The van der Waals surface area contributed by atoms with Crippen LogP contribution in [0.25, 0.3) is 0 Å². The number of nitrogens with one attached hydrogen (secondary N) is 1. The monoisotopic (exact) mass is 410 g/mol. The van der Waals surface area contributed by atoms with E-state index in [4.69, 9.17) is 9.84 Å². The van der Waals surface area contributed by atoms with E-state index in [1.165, 1.54) is 6.07 Å². The van der Waals surface area contributed by atoms with Gasteiger partial charge in [-0.3, -0.25) is 0 Å². The fraction of sp³-hybridized carbons (Fsp3) is 0.368. The van der Waals surface area contributed by atoms with Gasteiger partial charge in [0.05, 0.1) is 11.5 Å².